The number of hydrogen-bond acceptors (Lipinski definition) is 6. The molecular weight excluding hydrogens is 394 g/mol. The van der Waals surface area contributed by atoms with Gasteiger partial charge in [0.15, 0.2) is 11.5 Å². The SMILES string of the molecule is [2H]C([2H])([2H])Oc1ccccc1OCC(O)CN1CCN(C([2H])([2H])C(=O)Nc2c(C([2H])([2H])[2H])cccc2C([2H])([2H])[2H])CC1. The Bertz CT molecular complexity index is 1200. The smallest absolute Gasteiger partial charge is 0.238 e. The fourth-order valence-corrected chi connectivity index (χ4v) is 3.20. The molecule has 1 aliphatic rings. The average molecular weight is 439 g/mol. The van der Waals surface area contributed by atoms with Crippen LogP contribution in [0.4, 0.5) is 5.69 Å². The number of amides is 1. The van der Waals surface area contributed by atoms with E-state index in [9.17, 15) is 9.90 Å². The van der Waals surface area contributed by atoms with Crippen LogP contribution < -0.4 is 14.8 Å². The second kappa shape index (κ2) is 11.1. The molecule has 0 aromatic heterocycles. The van der Waals surface area contributed by atoms with Gasteiger partial charge in [0.05, 0.1) is 20.4 Å². The third-order valence-corrected chi connectivity index (χ3v) is 4.79. The number of hydrogen-bond donors (Lipinski definition) is 2. The standard InChI is InChI=1S/C24H33N3O4/c1-18-7-6-8-19(2)24(18)25-23(29)16-27-13-11-26(12-14-27)15-20(28)17-31-22-10-5-4-9-21(22)30-3/h4-10,20,28H,11-17H2,1-3H3,(H,25,29)/i1D3,2D3,3D3,16D2. The average Bonchev–Trinajstić information content (AvgIpc) is 2.86. The summed E-state index contributed by atoms with van der Waals surface area (Å²) in [5, 5.41) is 12.7. The predicted molar refractivity (Wildman–Crippen MR) is 122 cm³/mol. The zero-order valence-corrected chi connectivity index (χ0v) is 16.9. The highest BCUT2D eigenvalue weighted by atomic mass is 16.5. The van der Waals surface area contributed by atoms with E-state index >= 15 is 0 Å². The number of anilines is 1. The van der Waals surface area contributed by atoms with Gasteiger partial charge in [-0.25, -0.2) is 0 Å². The van der Waals surface area contributed by atoms with Crippen LogP contribution in [-0.4, -0.2) is 79.8 Å². The van der Waals surface area contributed by atoms with Crippen molar-refractivity contribution >= 4 is 11.6 Å². The van der Waals surface area contributed by atoms with Gasteiger partial charge in [0.2, 0.25) is 5.91 Å². The van der Waals surface area contributed by atoms with E-state index in [2.05, 4.69) is 5.32 Å². The molecule has 7 heteroatoms. The fourth-order valence-electron chi connectivity index (χ4n) is 3.20. The molecule has 168 valence electrons. The summed E-state index contributed by atoms with van der Waals surface area (Å²) in [7, 11) is -2.67. The lowest BCUT2D eigenvalue weighted by atomic mass is 10.1. The Morgan fingerprint density at radius 3 is 2.45 bits per heavy atom. The van der Waals surface area contributed by atoms with Gasteiger partial charge in [0.25, 0.3) is 0 Å². The molecule has 0 spiro atoms. The van der Waals surface area contributed by atoms with Crippen LogP contribution in [0.25, 0.3) is 0 Å². The Labute approximate surface area is 200 Å². The highest BCUT2D eigenvalue weighted by Gasteiger charge is 2.21. The first kappa shape index (κ1) is 12.4. The summed E-state index contributed by atoms with van der Waals surface area (Å²) in [4.78, 5) is 16.2. The monoisotopic (exact) mass is 438 g/mol. The number of piperazine rings is 1. The molecule has 1 unspecified atom stereocenters. The van der Waals surface area contributed by atoms with E-state index in [-0.39, 0.29) is 50.8 Å². The zero-order valence-electron chi connectivity index (χ0n) is 27.9. The van der Waals surface area contributed by atoms with Gasteiger partial charge in [-0.15, -0.1) is 0 Å². The number of nitrogens with one attached hydrogen (secondary N) is 1. The minimum Gasteiger partial charge on any atom is -0.493 e. The number of carbonyl (C=O) groups is 1. The first-order valence-electron chi connectivity index (χ1n) is 15.3. The van der Waals surface area contributed by atoms with Crippen molar-refractivity contribution in [1.29, 1.82) is 0 Å². The summed E-state index contributed by atoms with van der Waals surface area (Å²) in [6.45, 7) is -7.42. The number of rotatable bonds is 9. The van der Waals surface area contributed by atoms with Gasteiger partial charge in [-0.2, -0.15) is 0 Å². The van der Waals surface area contributed by atoms with Crippen LogP contribution in [0.3, 0.4) is 0 Å². The first-order valence-corrected chi connectivity index (χ1v) is 9.81. The van der Waals surface area contributed by atoms with Crippen molar-refractivity contribution in [3.8, 4) is 11.5 Å². The largest absolute Gasteiger partial charge is 0.493 e. The molecule has 2 aromatic rings. The van der Waals surface area contributed by atoms with Crippen LogP contribution in [0, 0.1) is 13.7 Å². The number of benzene rings is 2. The highest BCUT2D eigenvalue weighted by molar-refractivity contribution is 5.93. The summed E-state index contributed by atoms with van der Waals surface area (Å²) in [6, 6.07) is 9.75. The number of carbonyl (C=O) groups excluding carboxylic acids is 1. The molecule has 7 nitrogen and oxygen atoms in total. The van der Waals surface area contributed by atoms with Gasteiger partial charge >= 0.3 is 0 Å². The lowest BCUT2D eigenvalue weighted by Gasteiger charge is -2.35. The molecule has 1 atom stereocenters. The van der Waals surface area contributed by atoms with Crippen LogP contribution in [-0.2, 0) is 4.79 Å². The maximum atomic E-state index is 13.1. The molecule has 0 radical (unpaired) electrons. The second-order valence-corrected chi connectivity index (χ2v) is 7.10. The zero-order chi connectivity index (χ0) is 31.5. The number of β-amino-alcohol motifs (C(OH)–C–C–N with tert-alkyl or cyclic N) is 1. The van der Waals surface area contributed by atoms with Gasteiger partial charge in [0, 0.05) is 46.6 Å². The van der Waals surface area contributed by atoms with Gasteiger partial charge in [-0.3, -0.25) is 14.6 Å². The molecule has 2 aromatic carbocycles. The van der Waals surface area contributed by atoms with Gasteiger partial charge in [-0.1, -0.05) is 30.3 Å². The van der Waals surface area contributed by atoms with Crippen LogP contribution in [0.2, 0.25) is 0 Å². The number of aryl methyl sites for hydroxylation is 2. The summed E-state index contributed by atoms with van der Waals surface area (Å²) in [6.07, 6.45) is -0.980. The lowest BCUT2D eigenvalue weighted by molar-refractivity contribution is -0.117. The number of aliphatic hydroxyl groups excluding tert-OH is 1. The Kier molecular flexibility index (Phi) is 4.47. The van der Waals surface area contributed by atoms with E-state index in [0.29, 0.717) is 0 Å². The van der Waals surface area contributed by atoms with Crippen LogP contribution in [0.15, 0.2) is 42.5 Å². The summed E-state index contributed by atoms with van der Waals surface area (Å²) >= 11 is 0. The third-order valence-electron chi connectivity index (χ3n) is 4.79. The molecule has 0 saturated carbocycles. The minimum absolute atomic E-state index is 0.00583. The summed E-state index contributed by atoms with van der Waals surface area (Å²) in [5.41, 5.74) is -1.28. The van der Waals surface area contributed by atoms with Crippen molar-refractivity contribution < 1.29 is 34.5 Å². The van der Waals surface area contributed by atoms with E-state index in [1.807, 2.05) is 4.90 Å². The second-order valence-electron chi connectivity index (χ2n) is 7.10. The van der Waals surface area contributed by atoms with Gasteiger partial charge in [0.1, 0.15) is 12.7 Å². The van der Waals surface area contributed by atoms with Crippen molar-refractivity contribution in [3.63, 3.8) is 0 Å². The normalized spacial score (nSPS) is 22.9. The van der Waals surface area contributed by atoms with Crippen LogP contribution in [0.1, 0.15) is 26.2 Å². The van der Waals surface area contributed by atoms with E-state index in [1.54, 1.807) is 12.1 Å². The molecule has 1 aliphatic heterocycles. The fraction of sp³-hybridized carbons (Fsp3) is 0.458. The minimum atomic E-state index is -2.75. The van der Waals surface area contributed by atoms with Crippen molar-refractivity contribution in [1.82, 2.24) is 9.80 Å². The van der Waals surface area contributed by atoms with E-state index in [0.717, 1.165) is 0 Å². The summed E-state index contributed by atoms with van der Waals surface area (Å²) < 4.78 is 95.6. The molecule has 2 N–H and O–H groups in total. The highest BCUT2D eigenvalue weighted by Crippen LogP contribution is 2.25. The topological polar surface area (TPSA) is 74.3 Å². The van der Waals surface area contributed by atoms with E-state index in [1.165, 1.54) is 35.2 Å². The molecule has 1 fully saturated rings. The Hall–Kier alpha value is -2.61. The maximum Gasteiger partial charge on any atom is 0.238 e. The molecule has 1 heterocycles. The molecule has 31 heavy (non-hydrogen) atoms. The van der Waals surface area contributed by atoms with Crippen molar-refractivity contribution in [2.75, 3.05) is 58.2 Å². The number of methoxy groups -OCH3 is 1. The number of aliphatic hydroxyl groups is 1. The first-order chi connectivity index (χ1) is 19.3. The summed E-state index contributed by atoms with van der Waals surface area (Å²) in [5.74, 6) is -1.05. The van der Waals surface area contributed by atoms with Crippen molar-refractivity contribution in [3.05, 3.63) is 53.6 Å². The van der Waals surface area contributed by atoms with Gasteiger partial charge in [-0.05, 0) is 37.0 Å². The molecule has 3 rings (SSSR count). The van der Waals surface area contributed by atoms with Crippen LogP contribution >= 0.6 is 0 Å². The van der Waals surface area contributed by atoms with Gasteiger partial charge < -0.3 is 19.9 Å². The number of ether oxygens (including phenoxy) is 2. The molecule has 0 bridgehead atoms. The van der Waals surface area contributed by atoms with E-state index < -0.39 is 56.1 Å². The third kappa shape index (κ3) is 6.69. The maximum absolute atomic E-state index is 13.1. The van der Waals surface area contributed by atoms with Crippen LogP contribution in [0.5, 0.6) is 11.5 Å². The predicted octanol–water partition coefficient (Wildman–Crippen LogP) is 2.31. The lowest BCUT2D eigenvalue weighted by Crippen LogP contribution is -2.50. The Morgan fingerprint density at radius 1 is 1.10 bits per heavy atom. The molecule has 0 aliphatic carbocycles. The quantitative estimate of drug-likeness (QED) is 0.626. The number of nitrogens with zero attached hydrogens (tertiary/aromatic N) is 2. The molecular formula is C24H33N3O4. The Balaban J connectivity index is 1.59. The van der Waals surface area contributed by atoms with Crippen molar-refractivity contribution in [2.24, 2.45) is 0 Å². The number of para-hydroxylation sites is 3. The van der Waals surface area contributed by atoms with Crippen molar-refractivity contribution in [2.45, 2.75) is 19.8 Å². The Morgan fingerprint density at radius 2 is 1.77 bits per heavy atom. The van der Waals surface area contributed by atoms with E-state index in [4.69, 9.17) is 24.6 Å². The molecule has 1 amide bonds. The molecule has 1 saturated heterocycles.